The van der Waals surface area contributed by atoms with Gasteiger partial charge in [-0.3, -0.25) is 0 Å². The van der Waals surface area contributed by atoms with E-state index in [2.05, 4.69) is 30.8 Å². The van der Waals surface area contributed by atoms with E-state index in [0.717, 1.165) is 45.5 Å². The summed E-state index contributed by atoms with van der Waals surface area (Å²) >= 11 is 0. The van der Waals surface area contributed by atoms with Gasteiger partial charge in [0.05, 0.1) is 13.3 Å². The lowest BCUT2D eigenvalue weighted by atomic mass is 10.1. The fourth-order valence-corrected chi connectivity index (χ4v) is 4.44. The molecule has 5 rings (SSSR count). The lowest BCUT2D eigenvalue weighted by molar-refractivity contribution is -0.143. The first kappa shape index (κ1) is 32.2. The van der Waals surface area contributed by atoms with Gasteiger partial charge in [-0.2, -0.15) is 42.0 Å². The first-order valence-corrected chi connectivity index (χ1v) is 13.6. The maximum Gasteiger partial charge on any atom is 0.422 e. The Balaban J connectivity index is 1.36. The molecule has 1 saturated heterocycles. The van der Waals surface area contributed by atoms with E-state index in [-0.39, 0.29) is 17.6 Å². The smallest absolute Gasteiger partial charge is 0.422 e. The number of methoxy groups -OCH3 is 1. The van der Waals surface area contributed by atoms with Crippen LogP contribution in [0.2, 0.25) is 0 Å². The van der Waals surface area contributed by atoms with Crippen molar-refractivity contribution in [3.63, 3.8) is 0 Å². The van der Waals surface area contributed by atoms with Gasteiger partial charge >= 0.3 is 6.18 Å². The molecule has 0 aliphatic carbocycles. The molecule has 1 aromatic heterocycles. The summed E-state index contributed by atoms with van der Waals surface area (Å²) in [6.45, 7) is 1.47. The summed E-state index contributed by atoms with van der Waals surface area (Å²) in [6.07, 6.45) is -1.43. The van der Waals surface area contributed by atoms with E-state index in [1.807, 2.05) is 4.90 Å². The fraction of sp³-hybridized carbons (Fsp3) is 0.241. The minimum Gasteiger partial charge on any atom is -0.493 e. The Kier molecular flexibility index (Phi) is 9.39. The molecule has 1 fully saturated rings. The second-order valence-electron chi connectivity index (χ2n) is 9.80. The zero-order valence-corrected chi connectivity index (χ0v) is 23.7. The summed E-state index contributed by atoms with van der Waals surface area (Å²) in [5.74, 6) is -12.3. The third-order valence-electron chi connectivity index (χ3n) is 6.65. The molecule has 0 radical (unpaired) electrons. The number of rotatable bonds is 9. The number of benzene rings is 3. The SMILES string of the molecule is COc1cc(/C=N\Nc2nc(Nc3ccc(F)cc3)nc(N3CCCCC3)n2)ccc1Oc1c(F)c(F)c(C(F)(F)F)c(F)c1F. The van der Waals surface area contributed by atoms with Crippen molar-refractivity contribution in [3.8, 4) is 17.2 Å². The Hall–Kier alpha value is -5.22. The van der Waals surface area contributed by atoms with Crippen LogP contribution in [0.1, 0.15) is 30.4 Å². The summed E-state index contributed by atoms with van der Waals surface area (Å²) in [6, 6.07) is 9.24. The van der Waals surface area contributed by atoms with Crippen molar-refractivity contribution in [2.24, 2.45) is 5.10 Å². The number of aromatic nitrogens is 3. The van der Waals surface area contributed by atoms with Gasteiger partial charge in [0.2, 0.25) is 35.2 Å². The van der Waals surface area contributed by atoms with E-state index < -0.39 is 52.3 Å². The van der Waals surface area contributed by atoms with Crippen LogP contribution in [0.5, 0.6) is 17.2 Å². The summed E-state index contributed by atoms with van der Waals surface area (Å²) in [7, 11) is 1.14. The second kappa shape index (κ2) is 13.4. The predicted molar refractivity (Wildman–Crippen MR) is 151 cm³/mol. The lowest BCUT2D eigenvalue weighted by Crippen LogP contribution is -2.31. The number of hydrogen-bond donors (Lipinski definition) is 2. The van der Waals surface area contributed by atoms with E-state index in [1.165, 1.54) is 42.6 Å². The Labute approximate surface area is 255 Å². The van der Waals surface area contributed by atoms with Gasteiger partial charge < -0.3 is 19.7 Å². The zero-order valence-electron chi connectivity index (χ0n) is 23.7. The molecule has 242 valence electrons. The van der Waals surface area contributed by atoms with Crippen molar-refractivity contribution in [3.05, 3.63) is 82.7 Å². The number of nitrogens with zero attached hydrogens (tertiary/aromatic N) is 5. The van der Waals surface area contributed by atoms with Crippen molar-refractivity contribution in [2.45, 2.75) is 25.4 Å². The van der Waals surface area contributed by atoms with Crippen LogP contribution in [0.3, 0.4) is 0 Å². The molecule has 17 heteroatoms. The van der Waals surface area contributed by atoms with E-state index in [4.69, 9.17) is 9.47 Å². The quantitative estimate of drug-likeness (QED) is 0.0827. The Morgan fingerprint density at radius 3 is 2.09 bits per heavy atom. The van der Waals surface area contributed by atoms with E-state index in [9.17, 15) is 35.1 Å². The summed E-state index contributed by atoms with van der Waals surface area (Å²) < 4.78 is 119. The highest BCUT2D eigenvalue weighted by Gasteiger charge is 2.43. The second-order valence-corrected chi connectivity index (χ2v) is 9.80. The van der Waals surface area contributed by atoms with Gasteiger partial charge in [-0.1, -0.05) is 0 Å². The molecule has 0 spiro atoms. The molecule has 0 saturated carbocycles. The van der Waals surface area contributed by atoms with Gasteiger partial charge in [-0.25, -0.2) is 18.6 Å². The Morgan fingerprint density at radius 2 is 1.46 bits per heavy atom. The summed E-state index contributed by atoms with van der Waals surface area (Å²) in [4.78, 5) is 15.2. The Bertz CT molecular complexity index is 1720. The van der Waals surface area contributed by atoms with Crippen LogP contribution < -0.4 is 25.1 Å². The van der Waals surface area contributed by atoms with E-state index >= 15 is 0 Å². The molecule has 4 aromatic rings. The highest BCUT2D eigenvalue weighted by molar-refractivity contribution is 5.81. The van der Waals surface area contributed by atoms with Gasteiger partial charge in [0.25, 0.3) is 0 Å². The van der Waals surface area contributed by atoms with Crippen molar-refractivity contribution in [2.75, 3.05) is 35.8 Å². The molecule has 2 N–H and O–H groups in total. The van der Waals surface area contributed by atoms with Crippen molar-refractivity contribution < 1.29 is 44.6 Å². The normalized spacial score (nSPS) is 13.6. The molecule has 0 unspecified atom stereocenters. The molecule has 1 aliphatic rings. The minimum atomic E-state index is -5.70. The lowest BCUT2D eigenvalue weighted by Gasteiger charge is -2.26. The third-order valence-corrected chi connectivity index (χ3v) is 6.65. The van der Waals surface area contributed by atoms with Gasteiger partial charge in [0, 0.05) is 18.8 Å². The number of hydrogen-bond acceptors (Lipinski definition) is 9. The predicted octanol–water partition coefficient (Wildman–Crippen LogP) is 7.57. The number of anilines is 4. The summed E-state index contributed by atoms with van der Waals surface area (Å²) in [5.41, 5.74) is 0.804. The highest BCUT2D eigenvalue weighted by Crippen LogP contribution is 2.42. The van der Waals surface area contributed by atoms with Crippen LogP contribution in [-0.2, 0) is 6.18 Å². The molecule has 1 aliphatic heterocycles. The topological polar surface area (TPSA) is 96.8 Å². The average molecular weight is 654 g/mol. The zero-order chi connectivity index (χ0) is 33.0. The molecular formula is C29H23F8N7O2. The molecule has 0 atom stereocenters. The maximum atomic E-state index is 14.4. The van der Waals surface area contributed by atoms with Crippen molar-refractivity contribution in [1.29, 1.82) is 0 Å². The van der Waals surface area contributed by atoms with Gasteiger partial charge in [-0.15, -0.1) is 0 Å². The molecule has 3 aromatic carbocycles. The van der Waals surface area contributed by atoms with Crippen molar-refractivity contribution >= 4 is 29.7 Å². The maximum absolute atomic E-state index is 14.4. The third kappa shape index (κ3) is 7.18. The number of nitrogens with one attached hydrogen (secondary N) is 2. The van der Waals surface area contributed by atoms with Gasteiger partial charge in [0.15, 0.2) is 23.1 Å². The van der Waals surface area contributed by atoms with Crippen LogP contribution in [0, 0.1) is 29.1 Å². The number of piperidine rings is 1. The number of ether oxygens (including phenoxy) is 2. The first-order valence-electron chi connectivity index (χ1n) is 13.6. The average Bonchev–Trinajstić information content (AvgIpc) is 3.03. The molecular weight excluding hydrogens is 630 g/mol. The number of alkyl halides is 3. The van der Waals surface area contributed by atoms with Crippen LogP contribution in [0.4, 0.5) is 58.7 Å². The largest absolute Gasteiger partial charge is 0.493 e. The van der Waals surface area contributed by atoms with Gasteiger partial charge in [0.1, 0.15) is 11.4 Å². The standard InChI is InChI=1S/C29H23F8N7O2/c1-45-19-13-15(5-10-18(19)46-25-23(33)21(31)20(29(35,36)37)22(32)24(25)34)14-38-43-27-40-26(39-17-8-6-16(30)7-9-17)41-28(42-27)44-11-3-2-4-12-44/h5-10,13-14H,2-4,11-12H2,1H3,(H2,39,40,41,42,43)/b38-14-. The van der Waals surface area contributed by atoms with Gasteiger partial charge in [-0.05, 0) is 67.3 Å². The molecule has 46 heavy (non-hydrogen) atoms. The number of halogens is 8. The fourth-order valence-electron chi connectivity index (χ4n) is 4.44. The molecule has 9 nitrogen and oxygen atoms in total. The van der Waals surface area contributed by atoms with Crippen LogP contribution in [-0.4, -0.2) is 41.4 Å². The molecule has 0 bridgehead atoms. The minimum absolute atomic E-state index is 0.0562. The van der Waals surface area contributed by atoms with E-state index in [1.54, 1.807) is 0 Å². The monoisotopic (exact) mass is 653 g/mol. The van der Waals surface area contributed by atoms with Crippen molar-refractivity contribution in [1.82, 2.24) is 15.0 Å². The van der Waals surface area contributed by atoms with Crippen LogP contribution in [0.25, 0.3) is 0 Å². The highest BCUT2D eigenvalue weighted by atomic mass is 19.4. The number of hydrazone groups is 1. The summed E-state index contributed by atoms with van der Waals surface area (Å²) in [5, 5.41) is 7.08. The Morgan fingerprint density at radius 1 is 0.804 bits per heavy atom. The van der Waals surface area contributed by atoms with Crippen LogP contribution >= 0.6 is 0 Å². The van der Waals surface area contributed by atoms with E-state index in [0.29, 0.717) is 17.2 Å². The van der Waals surface area contributed by atoms with Crippen LogP contribution in [0.15, 0.2) is 47.6 Å². The molecule has 0 amide bonds. The molecule has 2 heterocycles. The first-order chi connectivity index (χ1) is 21.9.